The molecular formula is C15H15IN2O2S. The number of nitrogens with one attached hydrogen (secondary N) is 2. The molecule has 0 aliphatic heterocycles. The molecule has 1 heterocycles. The molecule has 0 fully saturated rings. The third-order valence-electron chi connectivity index (χ3n) is 2.79. The minimum absolute atomic E-state index is 0.173. The maximum Gasteiger partial charge on any atom is 0.256 e. The van der Waals surface area contributed by atoms with E-state index in [1.165, 1.54) is 11.3 Å². The molecule has 0 saturated heterocycles. The fourth-order valence-electron chi connectivity index (χ4n) is 1.75. The number of hydrogen-bond acceptors (Lipinski definition) is 3. The summed E-state index contributed by atoms with van der Waals surface area (Å²) in [6.45, 7) is 2.61. The van der Waals surface area contributed by atoms with Gasteiger partial charge in [-0.05, 0) is 47.2 Å². The van der Waals surface area contributed by atoms with Crippen LogP contribution in [-0.2, 0) is 0 Å². The van der Waals surface area contributed by atoms with Crippen molar-refractivity contribution in [1.82, 2.24) is 5.32 Å². The molecule has 0 bridgehead atoms. The second kappa shape index (κ2) is 7.56. The van der Waals surface area contributed by atoms with Crippen molar-refractivity contribution in [2.45, 2.75) is 13.3 Å². The Morgan fingerprint density at radius 1 is 1.24 bits per heavy atom. The van der Waals surface area contributed by atoms with Crippen LogP contribution in [0.1, 0.15) is 34.1 Å². The van der Waals surface area contributed by atoms with Crippen molar-refractivity contribution in [3.63, 3.8) is 0 Å². The standard InChI is InChI=1S/C15H15IN2O2S/c1-2-7-17-15(20)11-5-3-4-6-12(11)18-14(19)10-8-13(16)21-9-10/h3-6,8-9H,2,7H2,1H3,(H,17,20)(H,18,19). The zero-order chi connectivity index (χ0) is 15.2. The van der Waals surface area contributed by atoms with E-state index in [2.05, 4.69) is 33.2 Å². The number of benzene rings is 1. The highest BCUT2D eigenvalue weighted by Gasteiger charge is 2.14. The maximum absolute atomic E-state index is 12.2. The summed E-state index contributed by atoms with van der Waals surface area (Å²) in [4.78, 5) is 24.3. The molecule has 2 amide bonds. The van der Waals surface area contributed by atoms with Crippen molar-refractivity contribution in [2.24, 2.45) is 0 Å². The fraction of sp³-hybridized carbons (Fsp3) is 0.200. The SMILES string of the molecule is CCCNC(=O)c1ccccc1NC(=O)c1csc(I)c1. The summed E-state index contributed by atoms with van der Waals surface area (Å²) < 4.78 is 1.05. The van der Waals surface area contributed by atoms with E-state index in [9.17, 15) is 9.59 Å². The first-order valence-electron chi connectivity index (χ1n) is 6.54. The highest BCUT2D eigenvalue weighted by molar-refractivity contribution is 14.1. The Bertz CT molecular complexity index is 655. The van der Waals surface area contributed by atoms with Gasteiger partial charge in [-0.1, -0.05) is 19.1 Å². The second-order valence-corrected chi connectivity index (χ2v) is 7.20. The lowest BCUT2D eigenvalue weighted by atomic mass is 10.1. The Labute approximate surface area is 141 Å². The molecule has 21 heavy (non-hydrogen) atoms. The molecule has 0 aliphatic carbocycles. The van der Waals surface area contributed by atoms with Gasteiger partial charge in [0.15, 0.2) is 0 Å². The molecule has 2 aromatic rings. The van der Waals surface area contributed by atoms with Crippen LogP contribution in [0.4, 0.5) is 5.69 Å². The van der Waals surface area contributed by atoms with Crippen molar-refractivity contribution in [3.8, 4) is 0 Å². The lowest BCUT2D eigenvalue weighted by molar-refractivity contribution is 0.0954. The molecule has 0 aliphatic rings. The highest BCUT2D eigenvalue weighted by Crippen LogP contribution is 2.20. The Balaban J connectivity index is 2.16. The number of anilines is 1. The average Bonchev–Trinajstić information content (AvgIpc) is 2.92. The van der Waals surface area contributed by atoms with Crippen molar-refractivity contribution >= 4 is 51.4 Å². The van der Waals surface area contributed by atoms with Gasteiger partial charge in [0.2, 0.25) is 0 Å². The number of para-hydroxylation sites is 1. The van der Waals surface area contributed by atoms with E-state index in [-0.39, 0.29) is 11.8 Å². The van der Waals surface area contributed by atoms with Crippen molar-refractivity contribution in [3.05, 3.63) is 49.7 Å². The van der Waals surface area contributed by atoms with Gasteiger partial charge in [0.25, 0.3) is 11.8 Å². The Kier molecular flexibility index (Phi) is 5.75. The van der Waals surface area contributed by atoms with Gasteiger partial charge in [-0.15, -0.1) is 11.3 Å². The van der Waals surface area contributed by atoms with Crippen LogP contribution in [0.2, 0.25) is 0 Å². The first-order chi connectivity index (χ1) is 10.1. The van der Waals surface area contributed by atoms with Crippen LogP contribution in [0, 0.1) is 2.88 Å². The number of carbonyl (C=O) groups is 2. The van der Waals surface area contributed by atoms with Crippen LogP contribution < -0.4 is 10.6 Å². The first kappa shape index (κ1) is 16.0. The molecule has 2 rings (SSSR count). The molecule has 2 N–H and O–H groups in total. The molecule has 0 atom stereocenters. The summed E-state index contributed by atoms with van der Waals surface area (Å²) in [5, 5.41) is 7.42. The number of rotatable bonds is 5. The minimum Gasteiger partial charge on any atom is -0.352 e. The third-order valence-corrected chi connectivity index (χ3v) is 4.57. The van der Waals surface area contributed by atoms with E-state index in [4.69, 9.17) is 0 Å². The summed E-state index contributed by atoms with van der Waals surface area (Å²) in [6.07, 6.45) is 0.869. The topological polar surface area (TPSA) is 58.2 Å². The molecule has 0 saturated carbocycles. The Morgan fingerprint density at radius 3 is 2.67 bits per heavy atom. The monoisotopic (exact) mass is 414 g/mol. The molecule has 0 radical (unpaired) electrons. The Hall–Kier alpha value is -1.41. The first-order valence-corrected chi connectivity index (χ1v) is 8.50. The highest BCUT2D eigenvalue weighted by atomic mass is 127. The van der Waals surface area contributed by atoms with Crippen LogP contribution in [0.15, 0.2) is 35.7 Å². The van der Waals surface area contributed by atoms with Gasteiger partial charge >= 0.3 is 0 Å². The predicted octanol–water partition coefficient (Wildman–Crippen LogP) is 3.74. The zero-order valence-corrected chi connectivity index (χ0v) is 14.5. The number of amides is 2. The lowest BCUT2D eigenvalue weighted by Crippen LogP contribution is -2.25. The third kappa shape index (κ3) is 4.28. The summed E-state index contributed by atoms with van der Waals surface area (Å²) in [5.74, 6) is -0.377. The zero-order valence-electron chi connectivity index (χ0n) is 11.5. The van der Waals surface area contributed by atoms with Gasteiger partial charge in [-0.2, -0.15) is 0 Å². The number of hydrogen-bond donors (Lipinski definition) is 2. The van der Waals surface area contributed by atoms with Gasteiger partial charge in [0.05, 0.1) is 19.7 Å². The molecular weight excluding hydrogens is 399 g/mol. The van der Waals surface area contributed by atoms with Crippen LogP contribution in [0.5, 0.6) is 0 Å². The number of halogens is 1. The molecule has 6 heteroatoms. The smallest absolute Gasteiger partial charge is 0.256 e. The van der Waals surface area contributed by atoms with Gasteiger partial charge in [-0.25, -0.2) is 0 Å². The molecule has 4 nitrogen and oxygen atoms in total. The fourth-order valence-corrected chi connectivity index (χ4v) is 3.07. The van der Waals surface area contributed by atoms with Gasteiger partial charge < -0.3 is 10.6 Å². The van der Waals surface area contributed by atoms with Crippen molar-refractivity contribution in [1.29, 1.82) is 0 Å². The molecule has 110 valence electrons. The van der Waals surface area contributed by atoms with Gasteiger partial charge in [-0.3, -0.25) is 9.59 Å². The van der Waals surface area contributed by atoms with Crippen LogP contribution in [0.3, 0.4) is 0 Å². The van der Waals surface area contributed by atoms with Crippen molar-refractivity contribution in [2.75, 3.05) is 11.9 Å². The van der Waals surface area contributed by atoms with Crippen molar-refractivity contribution < 1.29 is 9.59 Å². The maximum atomic E-state index is 12.2. The van der Waals surface area contributed by atoms with E-state index in [1.807, 2.05) is 13.0 Å². The van der Waals surface area contributed by atoms with Crippen LogP contribution >= 0.6 is 33.9 Å². The summed E-state index contributed by atoms with van der Waals surface area (Å²) in [5.41, 5.74) is 1.61. The summed E-state index contributed by atoms with van der Waals surface area (Å²) in [7, 11) is 0. The van der Waals surface area contributed by atoms with E-state index in [0.29, 0.717) is 23.4 Å². The van der Waals surface area contributed by atoms with E-state index < -0.39 is 0 Å². The van der Waals surface area contributed by atoms with Gasteiger partial charge in [0, 0.05) is 11.9 Å². The normalized spacial score (nSPS) is 10.2. The van der Waals surface area contributed by atoms with E-state index >= 15 is 0 Å². The van der Waals surface area contributed by atoms with Crippen LogP contribution in [-0.4, -0.2) is 18.4 Å². The van der Waals surface area contributed by atoms with E-state index in [1.54, 1.807) is 29.6 Å². The average molecular weight is 414 g/mol. The Morgan fingerprint density at radius 2 is 2.00 bits per heavy atom. The molecule has 0 spiro atoms. The number of thiophene rings is 1. The van der Waals surface area contributed by atoms with Gasteiger partial charge in [0.1, 0.15) is 0 Å². The number of carbonyl (C=O) groups excluding carboxylic acids is 2. The second-order valence-electron chi connectivity index (χ2n) is 4.40. The molecule has 1 aromatic carbocycles. The van der Waals surface area contributed by atoms with E-state index in [0.717, 1.165) is 9.30 Å². The predicted molar refractivity (Wildman–Crippen MR) is 94.1 cm³/mol. The molecule has 0 unspecified atom stereocenters. The largest absolute Gasteiger partial charge is 0.352 e. The lowest BCUT2D eigenvalue weighted by Gasteiger charge is -2.10. The quantitative estimate of drug-likeness (QED) is 0.733. The minimum atomic E-state index is -0.204. The van der Waals surface area contributed by atoms with Crippen LogP contribution in [0.25, 0.3) is 0 Å². The summed E-state index contributed by atoms with van der Waals surface area (Å²) in [6, 6.07) is 8.84. The summed E-state index contributed by atoms with van der Waals surface area (Å²) >= 11 is 3.68. The molecule has 1 aromatic heterocycles.